The second-order valence-corrected chi connectivity index (χ2v) is 8.84. The van der Waals surface area contributed by atoms with E-state index in [-0.39, 0.29) is 11.7 Å². The van der Waals surface area contributed by atoms with Crippen LogP contribution in [0.15, 0.2) is 22.0 Å². The second kappa shape index (κ2) is 8.69. The normalized spacial score (nSPS) is 10.7. The minimum Gasteiger partial charge on any atom is -0.316 e. The first-order chi connectivity index (χ1) is 13.0. The van der Waals surface area contributed by atoms with Gasteiger partial charge in [0, 0.05) is 22.4 Å². The predicted octanol–water partition coefficient (Wildman–Crippen LogP) is 4.70. The van der Waals surface area contributed by atoms with Crippen LogP contribution in [0.5, 0.6) is 0 Å². The molecule has 140 valence electrons. The van der Waals surface area contributed by atoms with Gasteiger partial charge in [0.05, 0.1) is 11.3 Å². The fourth-order valence-corrected chi connectivity index (χ4v) is 4.92. The Morgan fingerprint density at radius 2 is 2.19 bits per heavy atom. The van der Waals surface area contributed by atoms with Crippen molar-refractivity contribution < 1.29 is 4.79 Å². The van der Waals surface area contributed by atoms with E-state index in [0.717, 1.165) is 29.5 Å². The van der Waals surface area contributed by atoms with E-state index in [0.29, 0.717) is 10.6 Å². The molecule has 0 spiro atoms. The highest BCUT2D eigenvalue weighted by atomic mass is 32.2. The lowest BCUT2D eigenvalue weighted by molar-refractivity contribution is -0.113. The average Bonchev–Trinajstić information content (AvgIpc) is 3.34. The monoisotopic (exact) mass is 417 g/mol. The lowest BCUT2D eigenvalue weighted by Gasteiger charge is -2.09. The van der Waals surface area contributed by atoms with Gasteiger partial charge in [-0.15, -0.1) is 32.9 Å². The van der Waals surface area contributed by atoms with Crippen LogP contribution in [-0.2, 0) is 11.3 Å². The molecule has 27 heavy (non-hydrogen) atoms. The van der Waals surface area contributed by atoms with E-state index in [1.54, 1.807) is 22.8 Å². The number of nitrogens with one attached hydrogen (secondary N) is 1. The maximum atomic E-state index is 12.3. The number of amides is 1. The molecule has 0 aromatic carbocycles. The van der Waals surface area contributed by atoms with Crippen molar-refractivity contribution in [1.29, 1.82) is 5.26 Å². The molecule has 0 bridgehead atoms. The number of carbonyl (C=O) groups is 1. The number of nitriles is 1. The summed E-state index contributed by atoms with van der Waals surface area (Å²) in [4.78, 5) is 13.5. The van der Waals surface area contributed by atoms with Gasteiger partial charge in [0.15, 0.2) is 11.0 Å². The number of hydrogen-bond acceptors (Lipinski definition) is 7. The molecule has 0 unspecified atom stereocenters. The van der Waals surface area contributed by atoms with Crippen LogP contribution in [0.2, 0.25) is 0 Å². The maximum Gasteiger partial charge on any atom is 0.235 e. The van der Waals surface area contributed by atoms with Crippen molar-refractivity contribution in [2.75, 3.05) is 11.1 Å². The van der Waals surface area contributed by atoms with E-state index >= 15 is 0 Å². The van der Waals surface area contributed by atoms with Gasteiger partial charge in [0.25, 0.3) is 0 Å². The van der Waals surface area contributed by atoms with E-state index < -0.39 is 0 Å². The van der Waals surface area contributed by atoms with Gasteiger partial charge < -0.3 is 9.88 Å². The van der Waals surface area contributed by atoms with Gasteiger partial charge in [0.1, 0.15) is 11.1 Å². The van der Waals surface area contributed by atoms with Crippen LogP contribution >= 0.6 is 34.4 Å². The largest absolute Gasteiger partial charge is 0.316 e. The van der Waals surface area contributed by atoms with Crippen LogP contribution in [-0.4, -0.2) is 26.4 Å². The number of rotatable bonds is 7. The van der Waals surface area contributed by atoms with Gasteiger partial charge in [-0.2, -0.15) is 5.26 Å². The highest BCUT2D eigenvalue weighted by molar-refractivity contribution is 7.99. The summed E-state index contributed by atoms with van der Waals surface area (Å²) in [7, 11) is 0. The number of nitrogens with zero attached hydrogens (tertiary/aromatic N) is 4. The molecule has 3 heterocycles. The summed E-state index contributed by atoms with van der Waals surface area (Å²) in [5.41, 5.74) is 2.81. The molecule has 0 saturated carbocycles. The van der Waals surface area contributed by atoms with E-state index in [1.165, 1.54) is 33.5 Å². The minimum absolute atomic E-state index is 0.158. The minimum atomic E-state index is -0.158. The highest BCUT2D eigenvalue weighted by Crippen LogP contribution is 2.32. The SMILES string of the molecule is CCCn1c(SCC(=O)Nc2sccc2C#N)nnc1-c1csc(C)c1C. The van der Waals surface area contributed by atoms with Crippen molar-refractivity contribution in [1.82, 2.24) is 14.8 Å². The lowest BCUT2D eigenvalue weighted by Crippen LogP contribution is -2.14. The Labute approximate surface area is 170 Å². The molecule has 1 N–H and O–H groups in total. The molecule has 0 atom stereocenters. The highest BCUT2D eigenvalue weighted by Gasteiger charge is 2.18. The zero-order valence-corrected chi connectivity index (χ0v) is 17.7. The Morgan fingerprint density at radius 3 is 2.85 bits per heavy atom. The van der Waals surface area contributed by atoms with Gasteiger partial charge >= 0.3 is 0 Å². The summed E-state index contributed by atoms with van der Waals surface area (Å²) < 4.78 is 2.08. The van der Waals surface area contributed by atoms with Crippen LogP contribution in [0.1, 0.15) is 29.3 Å². The smallest absolute Gasteiger partial charge is 0.235 e. The number of carbonyl (C=O) groups excluding carboxylic acids is 1. The van der Waals surface area contributed by atoms with Crippen molar-refractivity contribution in [2.45, 2.75) is 38.9 Å². The molecule has 3 rings (SSSR count). The van der Waals surface area contributed by atoms with Crippen molar-refractivity contribution >= 4 is 45.3 Å². The van der Waals surface area contributed by atoms with Crippen LogP contribution in [0.4, 0.5) is 5.00 Å². The standard InChI is InChI=1S/C18H19N5OS3/c1-4-6-23-16(14-9-26-12(3)11(14)2)21-22-18(23)27-10-15(24)20-17-13(8-19)5-7-25-17/h5,7,9H,4,6,10H2,1-3H3,(H,20,24). The first-order valence-electron chi connectivity index (χ1n) is 8.43. The molecule has 9 heteroatoms. The van der Waals surface area contributed by atoms with Gasteiger partial charge in [-0.25, -0.2) is 0 Å². The molecule has 1 amide bonds. The topological polar surface area (TPSA) is 83.6 Å². The molecule has 0 aliphatic heterocycles. The number of anilines is 1. The number of thioether (sulfide) groups is 1. The van der Waals surface area contributed by atoms with Crippen molar-refractivity contribution in [3.8, 4) is 17.5 Å². The van der Waals surface area contributed by atoms with Crippen LogP contribution < -0.4 is 5.32 Å². The molecule has 6 nitrogen and oxygen atoms in total. The van der Waals surface area contributed by atoms with Crippen LogP contribution in [0, 0.1) is 25.2 Å². The van der Waals surface area contributed by atoms with Crippen LogP contribution in [0.25, 0.3) is 11.4 Å². The molecule has 0 aliphatic carbocycles. The average molecular weight is 418 g/mol. The third kappa shape index (κ3) is 4.24. The Balaban J connectivity index is 1.74. The quantitative estimate of drug-likeness (QED) is 0.564. The van der Waals surface area contributed by atoms with Crippen molar-refractivity contribution in [2.24, 2.45) is 0 Å². The fourth-order valence-electron chi connectivity index (χ4n) is 2.54. The van der Waals surface area contributed by atoms with E-state index in [4.69, 9.17) is 5.26 Å². The third-order valence-electron chi connectivity index (χ3n) is 4.06. The van der Waals surface area contributed by atoms with E-state index in [1.807, 2.05) is 0 Å². The van der Waals surface area contributed by atoms with E-state index in [9.17, 15) is 4.79 Å². The fraction of sp³-hybridized carbons (Fsp3) is 0.333. The summed E-state index contributed by atoms with van der Waals surface area (Å²) in [6, 6.07) is 3.77. The number of aromatic nitrogens is 3. The molecular weight excluding hydrogens is 398 g/mol. The Morgan fingerprint density at radius 1 is 1.37 bits per heavy atom. The van der Waals surface area contributed by atoms with Gasteiger partial charge in [0.2, 0.25) is 5.91 Å². The zero-order chi connectivity index (χ0) is 19.4. The maximum absolute atomic E-state index is 12.3. The summed E-state index contributed by atoms with van der Waals surface area (Å²) in [6.07, 6.45) is 0.952. The zero-order valence-electron chi connectivity index (χ0n) is 15.3. The molecule has 0 saturated heterocycles. The third-order valence-corrected chi connectivity index (χ3v) is 6.87. The molecule has 0 fully saturated rings. The van der Waals surface area contributed by atoms with Crippen LogP contribution in [0.3, 0.4) is 0 Å². The van der Waals surface area contributed by atoms with Gasteiger partial charge in [-0.1, -0.05) is 18.7 Å². The number of thiophene rings is 2. The summed E-state index contributed by atoms with van der Waals surface area (Å²) in [6.45, 7) is 7.10. The van der Waals surface area contributed by atoms with Gasteiger partial charge in [-0.3, -0.25) is 4.79 Å². The molecule has 3 aromatic rings. The number of aryl methyl sites for hydroxylation is 1. The summed E-state index contributed by atoms with van der Waals surface area (Å²) in [5, 5.41) is 25.8. The Bertz CT molecular complexity index is 995. The van der Waals surface area contributed by atoms with Crippen molar-refractivity contribution in [3.63, 3.8) is 0 Å². The van der Waals surface area contributed by atoms with Crippen molar-refractivity contribution in [3.05, 3.63) is 32.8 Å². The number of hydrogen-bond donors (Lipinski definition) is 1. The van der Waals surface area contributed by atoms with E-state index in [2.05, 4.69) is 52.3 Å². The van der Waals surface area contributed by atoms with Gasteiger partial charge in [-0.05, 0) is 37.3 Å². The Hall–Kier alpha value is -2.15. The molecule has 0 radical (unpaired) electrons. The lowest BCUT2D eigenvalue weighted by atomic mass is 10.1. The molecule has 3 aromatic heterocycles. The summed E-state index contributed by atoms with van der Waals surface area (Å²) in [5.74, 6) is 0.910. The first-order valence-corrected chi connectivity index (χ1v) is 11.2. The summed E-state index contributed by atoms with van der Waals surface area (Å²) >= 11 is 4.41. The second-order valence-electron chi connectivity index (χ2n) is 5.90. The predicted molar refractivity (Wildman–Crippen MR) is 111 cm³/mol. The molecule has 0 aliphatic rings. The first kappa shape index (κ1) is 19.6. The molecular formula is C18H19N5OS3. The Kier molecular flexibility index (Phi) is 6.31.